The van der Waals surface area contributed by atoms with Crippen LogP contribution in [0.1, 0.15) is 95.1 Å². The molecule has 0 aromatic heterocycles. The Morgan fingerprint density at radius 2 is 1.65 bits per heavy atom. The summed E-state index contributed by atoms with van der Waals surface area (Å²) in [6.45, 7) is 1.55. The quantitative estimate of drug-likeness (QED) is 0.224. The molecule has 1 saturated carbocycles. The molecule has 0 amide bonds. The number of unbranched alkanes of at least 4 members (excludes halogenated alkanes) is 3. The smallest absolute Gasteiger partial charge is 0.147 e. The van der Waals surface area contributed by atoms with Gasteiger partial charge in [-0.2, -0.15) is 0 Å². The maximum atomic E-state index is 14.0. The van der Waals surface area contributed by atoms with Crippen LogP contribution in [0.15, 0.2) is 12.1 Å². The molecule has 0 spiro atoms. The molecule has 0 bridgehead atoms. The molecule has 31 heavy (non-hydrogen) atoms. The first-order chi connectivity index (χ1) is 15.1. The van der Waals surface area contributed by atoms with Crippen molar-refractivity contribution in [3.63, 3.8) is 0 Å². The predicted molar refractivity (Wildman–Crippen MR) is 133 cm³/mol. The Labute approximate surface area is 196 Å². The molecule has 4 heteroatoms. The van der Waals surface area contributed by atoms with E-state index in [4.69, 9.17) is 11.6 Å². The van der Waals surface area contributed by atoms with Crippen molar-refractivity contribution in [2.24, 2.45) is 17.8 Å². The summed E-state index contributed by atoms with van der Waals surface area (Å²) in [5, 5.41) is 0.0282. The summed E-state index contributed by atoms with van der Waals surface area (Å²) in [6, 6.07) is 8.23. The van der Waals surface area contributed by atoms with E-state index in [1.54, 1.807) is 43.1 Å². The molecule has 1 heterocycles. The molecule has 1 aromatic carbocycles. The maximum Gasteiger partial charge on any atom is 0.147 e. The van der Waals surface area contributed by atoms with Crippen molar-refractivity contribution in [2.45, 2.75) is 115 Å². The van der Waals surface area contributed by atoms with Gasteiger partial charge >= 0.3 is 0 Å². The van der Waals surface area contributed by atoms with Gasteiger partial charge in [-0.3, -0.25) is 0 Å². The van der Waals surface area contributed by atoms with E-state index in [0.29, 0.717) is 0 Å². The van der Waals surface area contributed by atoms with Crippen molar-refractivity contribution >= 4 is 20.4 Å². The number of aryl methyl sites for hydroxylation is 1. The highest BCUT2D eigenvalue weighted by molar-refractivity contribution is 6.58. The molecule has 1 aliphatic carbocycles. The zero-order chi connectivity index (χ0) is 22.1. The molecule has 1 aromatic rings. The second kappa shape index (κ2) is 13.3. The third-order valence-corrected chi connectivity index (χ3v) is 12.2. The normalized spacial score (nSPS) is 26.8. The fourth-order valence-electron chi connectivity index (χ4n) is 6.34. The van der Waals surface area contributed by atoms with Gasteiger partial charge in [0.2, 0.25) is 0 Å². The Morgan fingerprint density at radius 1 is 0.935 bits per heavy atom. The van der Waals surface area contributed by atoms with Crippen molar-refractivity contribution < 1.29 is 8.78 Å². The molecule has 0 N–H and O–H groups in total. The van der Waals surface area contributed by atoms with Gasteiger partial charge in [0.25, 0.3) is 0 Å². The van der Waals surface area contributed by atoms with Crippen LogP contribution in [0, 0.1) is 23.6 Å². The van der Waals surface area contributed by atoms with Crippen LogP contribution in [0.3, 0.4) is 0 Å². The zero-order valence-electron chi connectivity index (χ0n) is 19.6. The number of benzene rings is 1. The lowest BCUT2D eigenvalue weighted by Crippen LogP contribution is -2.28. The molecule has 0 radical (unpaired) electrons. The first-order valence-corrected chi connectivity index (χ1v) is 16.0. The largest absolute Gasteiger partial charge is 0.246 e. The maximum absolute atomic E-state index is 14.0. The summed E-state index contributed by atoms with van der Waals surface area (Å²) in [6.07, 6.45) is 17.4. The topological polar surface area (TPSA) is 0 Å². The van der Waals surface area contributed by atoms with Crippen LogP contribution < -0.4 is 0 Å². The second-order valence-corrected chi connectivity index (χ2v) is 14.3. The van der Waals surface area contributed by atoms with Gasteiger partial charge in [0.05, 0.1) is 5.02 Å². The minimum atomic E-state index is -0.769. The lowest BCUT2D eigenvalue weighted by Gasteiger charge is -2.37. The van der Waals surface area contributed by atoms with Crippen molar-refractivity contribution in [1.29, 1.82) is 0 Å². The van der Waals surface area contributed by atoms with Crippen molar-refractivity contribution in [2.75, 3.05) is 0 Å². The van der Waals surface area contributed by atoms with Gasteiger partial charge in [0.15, 0.2) is 0 Å². The molecule has 3 rings (SSSR count). The van der Waals surface area contributed by atoms with Crippen molar-refractivity contribution in [1.82, 2.24) is 0 Å². The van der Waals surface area contributed by atoms with E-state index in [-0.39, 0.29) is 19.4 Å². The fraction of sp³-hybridized carbons (Fsp3) is 0.778. The molecule has 0 atom stereocenters. The van der Waals surface area contributed by atoms with E-state index < -0.39 is 12.5 Å². The molecule has 2 aliphatic rings. The summed E-state index contributed by atoms with van der Waals surface area (Å²) in [5.41, 5.74) is 0.957. The lowest BCUT2D eigenvalue weighted by atomic mass is 9.73. The van der Waals surface area contributed by atoms with E-state index in [1.807, 2.05) is 0 Å². The average molecular weight is 469 g/mol. The summed E-state index contributed by atoms with van der Waals surface area (Å²) in [7, 11) is -0.375. The molecule has 0 unspecified atom stereocenters. The van der Waals surface area contributed by atoms with E-state index in [2.05, 4.69) is 6.92 Å². The highest BCUT2D eigenvalue weighted by Gasteiger charge is 2.30. The van der Waals surface area contributed by atoms with Gasteiger partial charge in [-0.25, -0.2) is 8.78 Å². The molecule has 1 saturated heterocycles. The minimum Gasteiger partial charge on any atom is -0.246 e. The van der Waals surface area contributed by atoms with Crippen LogP contribution in [-0.2, 0) is 13.1 Å². The van der Waals surface area contributed by atoms with E-state index in [1.165, 1.54) is 57.8 Å². The van der Waals surface area contributed by atoms with Crippen LogP contribution in [0.5, 0.6) is 0 Å². The van der Waals surface area contributed by atoms with Crippen molar-refractivity contribution in [3.8, 4) is 0 Å². The van der Waals surface area contributed by atoms with Crippen LogP contribution in [0.4, 0.5) is 8.78 Å². The lowest BCUT2D eigenvalue weighted by molar-refractivity contribution is 0.184. The Kier molecular flexibility index (Phi) is 10.8. The van der Waals surface area contributed by atoms with E-state index >= 15 is 0 Å². The first kappa shape index (κ1) is 25.2. The van der Waals surface area contributed by atoms with Gasteiger partial charge in [0, 0.05) is 14.4 Å². The molecule has 176 valence electrons. The zero-order valence-corrected chi connectivity index (χ0v) is 21.5. The van der Waals surface area contributed by atoms with E-state index in [0.717, 1.165) is 36.2 Å². The molecular formula is C27H43ClF2Si. The van der Waals surface area contributed by atoms with Crippen LogP contribution in [-0.4, -0.2) is 8.80 Å². The second-order valence-electron chi connectivity index (χ2n) is 10.4. The van der Waals surface area contributed by atoms with Gasteiger partial charge in [-0.1, -0.05) is 101 Å². The van der Waals surface area contributed by atoms with Gasteiger partial charge in [-0.05, 0) is 55.1 Å². The molecular weight excluding hydrogens is 426 g/mol. The SMILES string of the molecule is CCCCC[Si@H]1CC[C@H]([C@H]2CC[C@H](CCCCc3ccc(Cl)c(F)c3CF)CC2)CC1. The Morgan fingerprint density at radius 3 is 2.32 bits per heavy atom. The monoisotopic (exact) mass is 468 g/mol. The Bertz CT molecular complexity index is 649. The fourth-order valence-corrected chi connectivity index (χ4v) is 10.0. The summed E-state index contributed by atoms with van der Waals surface area (Å²) < 4.78 is 27.2. The number of hydrogen-bond acceptors (Lipinski definition) is 0. The predicted octanol–water partition coefficient (Wildman–Crippen LogP) is 9.30. The highest BCUT2D eigenvalue weighted by atomic mass is 35.5. The summed E-state index contributed by atoms with van der Waals surface area (Å²) in [5.74, 6) is 2.34. The number of alkyl halides is 1. The Balaban J connectivity index is 1.30. The number of hydrogen-bond donors (Lipinski definition) is 0. The van der Waals surface area contributed by atoms with Gasteiger partial charge in [0.1, 0.15) is 12.5 Å². The molecule has 0 nitrogen and oxygen atoms in total. The van der Waals surface area contributed by atoms with Crippen molar-refractivity contribution in [3.05, 3.63) is 34.1 Å². The van der Waals surface area contributed by atoms with Crippen LogP contribution in [0.2, 0.25) is 23.2 Å². The minimum absolute atomic E-state index is 0.0282. The molecule has 1 aliphatic heterocycles. The van der Waals surface area contributed by atoms with Crippen LogP contribution >= 0.6 is 11.6 Å². The van der Waals surface area contributed by atoms with Gasteiger partial charge < -0.3 is 0 Å². The third kappa shape index (κ3) is 7.56. The number of halogens is 3. The summed E-state index contributed by atoms with van der Waals surface area (Å²) in [4.78, 5) is 0. The van der Waals surface area contributed by atoms with E-state index in [9.17, 15) is 8.78 Å². The molecule has 2 fully saturated rings. The standard InChI is InChI=1S/C27H43ClF2Si/c1-2-3-6-17-31-18-15-23(16-19-31)22-11-9-21(10-12-22)7-4-5-8-24-13-14-26(28)27(30)25(24)20-29/h13-14,21-23,31H,2-12,15-20H2,1H3/t21-,22-,23-,31-. The first-order valence-electron chi connectivity index (χ1n) is 13.1. The Hall–Kier alpha value is -0.413. The third-order valence-electron chi connectivity index (χ3n) is 8.40. The summed E-state index contributed by atoms with van der Waals surface area (Å²) >= 11 is 5.79. The highest BCUT2D eigenvalue weighted by Crippen LogP contribution is 2.42. The average Bonchev–Trinajstić information content (AvgIpc) is 2.80. The number of rotatable bonds is 11. The van der Waals surface area contributed by atoms with Gasteiger partial charge in [-0.15, -0.1) is 0 Å². The van der Waals surface area contributed by atoms with Crippen LogP contribution in [0.25, 0.3) is 0 Å².